The number of methoxy groups -OCH3 is 2. The van der Waals surface area contributed by atoms with Crippen LogP contribution in [0.5, 0.6) is 0 Å². The van der Waals surface area contributed by atoms with Gasteiger partial charge < -0.3 is 30.7 Å². The first-order valence-corrected chi connectivity index (χ1v) is 13.6. The van der Waals surface area contributed by atoms with Crippen LogP contribution in [0.3, 0.4) is 0 Å². The molecule has 0 radical (unpaired) electrons. The number of halogens is 5. The van der Waals surface area contributed by atoms with Crippen molar-refractivity contribution < 1.29 is 45.8 Å². The number of piperidine rings is 1. The number of hydrogen-bond donors (Lipinski definition) is 4. The first-order chi connectivity index (χ1) is 20.9. The normalized spacial score (nSPS) is 20.8. The number of nitrogens with one attached hydrogen (secondary N) is 4. The van der Waals surface area contributed by atoms with Gasteiger partial charge in [-0.25, -0.2) is 28.1 Å². The van der Waals surface area contributed by atoms with E-state index in [0.717, 1.165) is 37.6 Å². The molecule has 1 aromatic heterocycles. The van der Waals surface area contributed by atoms with Crippen molar-refractivity contribution in [3.8, 4) is 0 Å². The van der Waals surface area contributed by atoms with Gasteiger partial charge >= 0.3 is 24.2 Å². The molecule has 4 N–H and O–H groups in total. The fourth-order valence-electron chi connectivity index (χ4n) is 5.12. The summed E-state index contributed by atoms with van der Waals surface area (Å²) in [5.74, 6) is -3.33. The molecule has 0 spiro atoms. The van der Waals surface area contributed by atoms with E-state index in [1.807, 2.05) is 0 Å². The maximum atomic E-state index is 14.2. The van der Waals surface area contributed by atoms with Crippen LogP contribution < -0.4 is 21.3 Å². The number of aromatic nitrogens is 1. The maximum Gasteiger partial charge on any atom is 0.417 e. The number of nitrogens with zero attached hydrogens (tertiary/aromatic N) is 2. The third kappa shape index (κ3) is 7.49. The number of ether oxygens (including phenoxy) is 2. The Morgan fingerprint density at radius 3 is 2.52 bits per heavy atom. The van der Waals surface area contributed by atoms with Crippen LogP contribution in [-0.4, -0.2) is 74.4 Å². The second kappa shape index (κ2) is 14.1. The minimum absolute atomic E-state index is 0.00667. The molecule has 2 aliphatic rings. The minimum Gasteiger partial charge on any atom is -0.466 e. The number of rotatable bonds is 9. The van der Waals surface area contributed by atoms with E-state index in [2.05, 4.69) is 26.3 Å². The van der Waals surface area contributed by atoms with E-state index in [9.17, 15) is 36.3 Å². The Labute approximate surface area is 249 Å². The standard InChI is InChI=1S/C28H31F5N6O5/c1-43-14-22-23(25(40)44-2)24(15-3-5-18(29)19(30)11-15)39(27(42)38-22)26(41)36-10-9-34-17-7-8-35-21(12-17)20-6-4-16(13-37-20)28(31,32)33/h3-6,11,13,17,21,24,34-35H,7-10,12,14H2,1-2H3,(H,36,41)(H,38,42)/t17?,21?,24-/m0/s1. The zero-order valence-electron chi connectivity index (χ0n) is 23.8. The molecular weight excluding hydrogens is 595 g/mol. The summed E-state index contributed by atoms with van der Waals surface area (Å²) in [6.45, 7) is 0.620. The molecule has 0 bridgehead atoms. The zero-order valence-corrected chi connectivity index (χ0v) is 23.8. The van der Waals surface area contributed by atoms with Crippen LogP contribution in [0.15, 0.2) is 47.8 Å². The largest absolute Gasteiger partial charge is 0.466 e. The van der Waals surface area contributed by atoms with Crippen molar-refractivity contribution in [3.63, 3.8) is 0 Å². The van der Waals surface area contributed by atoms with Gasteiger partial charge in [0.15, 0.2) is 11.6 Å². The van der Waals surface area contributed by atoms with E-state index in [1.54, 1.807) is 0 Å². The van der Waals surface area contributed by atoms with E-state index in [1.165, 1.54) is 13.2 Å². The van der Waals surface area contributed by atoms with E-state index in [0.29, 0.717) is 30.0 Å². The Morgan fingerprint density at radius 2 is 1.89 bits per heavy atom. The van der Waals surface area contributed by atoms with Crippen LogP contribution in [0.2, 0.25) is 0 Å². The Balaban J connectivity index is 1.43. The molecular formula is C28H31F5N6O5. The SMILES string of the molecule is COCC1=C(C(=O)OC)[C@H](c2ccc(F)c(F)c2)N(C(=O)NCCNC2CCNC(c3ccc(C(F)(F)F)cn3)C2)C(=O)N1. The molecule has 1 saturated heterocycles. The Bertz CT molecular complexity index is 1400. The van der Waals surface area contributed by atoms with Crippen LogP contribution >= 0.6 is 0 Å². The van der Waals surface area contributed by atoms with Gasteiger partial charge in [0.05, 0.1) is 42.3 Å². The highest BCUT2D eigenvalue weighted by Gasteiger charge is 2.43. The quantitative estimate of drug-likeness (QED) is 0.189. The fraction of sp³-hybridized carbons (Fsp3) is 0.429. The number of pyridine rings is 1. The molecule has 2 aliphatic heterocycles. The van der Waals surface area contributed by atoms with Gasteiger partial charge in [0.2, 0.25) is 0 Å². The molecule has 1 fully saturated rings. The van der Waals surface area contributed by atoms with Crippen molar-refractivity contribution in [1.29, 1.82) is 0 Å². The molecule has 3 atom stereocenters. The first kappa shape index (κ1) is 32.8. The molecule has 16 heteroatoms. The third-order valence-corrected chi connectivity index (χ3v) is 7.21. The molecule has 2 aromatic rings. The Morgan fingerprint density at radius 1 is 1.11 bits per heavy atom. The molecule has 2 unspecified atom stereocenters. The lowest BCUT2D eigenvalue weighted by Gasteiger charge is -2.36. The number of carbonyl (C=O) groups excluding carboxylic acids is 3. The molecule has 0 aliphatic carbocycles. The van der Waals surface area contributed by atoms with Gasteiger partial charge in [-0.3, -0.25) is 4.98 Å². The second-order valence-electron chi connectivity index (χ2n) is 10.1. The monoisotopic (exact) mass is 626 g/mol. The number of esters is 1. The first-order valence-electron chi connectivity index (χ1n) is 13.6. The maximum absolute atomic E-state index is 14.2. The predicted molar refractivity (Wildman–Crippen MR) is 145 cm³/mol. The highest BCUT2D eigenvalue weighted by molar-refractivity contribution is 6.01. The summed E-state index contributed by atoms with van der Waals surface area (Å²) < 4.78 is 76.5. The third-order valence-electron chi connectivity index (χ3n) is 7.21. The number of urea groups is 2. The van der Waals surface area contributed by atoms with Crippen molar-refractivity contribution in [1.82, 2.24) is 31.2 Å². The molecule has 238 valence electrons. The summed E-state index contributed by atoms with van der Waals surface area (Å²) >= 11 is 0. The van der Waals surface area contributed by atoms with Gasteiger partial charge in [0.25, 0.3) is 0 Å². The highest BCUT2D eigenvalue weighted by Crippen LogP contribution is 2.35. The van der Waals surface area contributed by atoms with E-state index in [-0.39, 0.29) is 48.6 Å². The second-order valence-corrected chi connectivity index (χ2v) is 10.1. The lowest BCUT2D eigenvalue weighted by atomic mass is 9.93. The molecule has 0 saturated carbocycles. The van der Waals surface area contributed by atoms with Crippen molar-refractivity contribution in [2.24, 2.45) is 0 Å². The molecule has 4 amide bonds. The highest BCUT2D eigenvalue weighted by atomic mass is 19.4. The molecule has 11 nitrogen and oxygen atoms in total. The molecule has 4 rings (SSSR count). The lowest BCUT2D eigenvalue weighted by Crippen LogP contribution is -2.56. The van der Waals surface area contributed by atoms with E-state index >= 15 is 0 Å². The molecule has 3 heterocycles. The van der Waals surface area contributed by atoms with Crippen molar-refractivity contribution in [3.05, 3.63) is 76.3 Å². The summed E-state index contributed by atoms with van der Waals surface area (Å²) in [6.07, 6.45) is -2.46. The average molecular weight is 627 g/mol. The Kier molecular flexibility index (Phi) is 10.5. The lowest BCUT2D eigenvalue weighted by molar-refractivity contribution is -0.138. The molecule has 1 aromatic carbocycles. The van der Waals surface area contributed by atoms with Crippen LogP contribution in [-0.2, 0) is 20.4 Å². The van der Waals surface area contributed by atoms with Gasteiger partial charge in [-0.1, -0.05) is 6.07 Å². The van der Waals surface area contributed by atoms with Crippen molar-refractivity contribution in [2.45, 2.75) is 37.1 Å². The van der Waals surface area contributed by atoms with Gasteiger partial charge in [-0.15, -0.1) is 0 Å². The van der Waals surface area contributed by atoms with Crippen LogP contribution in [0.25, 0.3) is 0 Å². The van der Waals surface area contributed by atoms with Crippen molar-refractivity contribution >= 4 is 18.0 Å². The number of alkyl halides is 3. The smallest absolute Gasteiger partial charge is 0.417 e. The molecule has 44 heavy (non-hydrogen) atoms. The Hall–Kier alpha value is -4.15. The topological polar surface area (TPSA) is 134 Å². The average Bonchev–Trinajstić information content (AvgIpc) is 3.00. The predicted octanol–water partition coefficient (Wildman–Crippen LogP) is 3.31. The van der Waals surface area contributed by atoms with Crippen LogP contribution in [0.1, 0.15) is 41.7 Å². The fourth-order valence-corrected chi connectivity index (χ4v) is 5.12. The number of imide groups is 1. The van der Waals surface area contributed by atoms with E-state index < -0.39 is 47.4 Å². The van der Waals surface area contributed by atoms with Gasteiger partial charge in [-0.05, 0) is 49.2 Å². The number of amides is 4. The number of hydrogen-bond acceptors (Lipinski definition) is 8. The van der Waals surface area contributed by atoms with E-state index in [4.69, 9.17) is 9.47 Å². The summed E-state index contributed by atoms with van der Waals surface area (Å²) in [7, 11) is 2.41. The zero-order chi connectivity index (χ0) is 32.0. The summed E-state index contributed by atoms with van der Waals surface area (Å²) in [4.78, 5) is 43.8. The van der Waals surface area contributed by atoms with Crippen LogP contribution in [0, 0.1) is 11.6 Å². The van der Waals surface area contributed by atoms with Crippen LogP contribution in [0.4, 0.5) is 31.5 Å². The summed E-state index contributed by atoms with van der Waals surface area (Å²) in [5.41, 5.74) is -0.627. The van der Waals surface area contributed by atoms with Gasteiger partial charge in [-0.2, -0.15) is 13.2 Å². The number of carbonyl (C=O) groups is 3. The van der Waals surface area contributed by atoms with Crippen molar-refractivity contribution in [2.75, 3.05) is 40.5 Å². The van der Waals surface area contributed by atoms with Gasteiger partial charge in [0, 0.05) is 32.4 Å². The van der Waals surface area contributed by atoms with Gasteiger partial charge in [0.1, 0.15) is 6.04 Å². The summed E-state index contributed by atoms with van der Waals surface area (Å²) in [5, 5.41) is 11.5. The number of benzene rings is 1. The summed E-state index contributed by atoms with van der Waals surface area (Å²) in [6, 6.07) is 1.41. The minimum atomic E-state index is -4.48.